The minimum absolute atomic E-state index is 0.123. The summed E-state index contributed by atoms with van der Waals surface area (Å²) < 4.78 is 0. The summed E-state index contributed by atoms with van der Waals surface area (Å²) in [5.74, 6) is 0.0183. The molecule has 2 heterocycles. The first-order valence-corrected chi connectivity index (χ1v) is 15.0. The molecule has 0 bridgehead atoms. The quantitative estimate of drug-likeness (QED) is 0.300. The van der Waals surface area contributed by atoms with Crippen molar-refractivity contribution < 1.29 is 4.79 Å². The summed E-state index contributed by atoms with van der Waals surface area (Å²) in [4.78, 5) is 20.5. The smallest absolute Gasteiger partial charge is 0.229 e. The molecule has 2 aromatic carbocycles. The molecule has 5 nitrogen and oxygen atoms in total. The predicted octanol–water partition coefficient (Wildman–Crippen LogP) is 6.56. The molecule has 1 saturated heterocycles. The zero-order valence-electron chi connectivity index (χ0n) is 22.8. The van der Waals surface area contributed by atoms with Crippen LogP contribution in [-0.2, 0) is 4.79 Å². The molecular formula is C31H42Cl2N4O. The maximum Gasteiger partial charge on any atom is 0.229 e. The molecule has 1 amide bonds. The minimum atomic E-state index is -0.123. The van der Waals surface area contributed by atoms with Crippen LogP contribution in [-0.4, -0.2) is 67.6 Å². The van der Waals surface area contributed by atoms with E-state index in [1.165, 1.54) is 30.5 Å². The molecule has 0 radical (unpaired) electrons. The SMILES string of the molecule is CCCCCCN1C(c2ccccc2)=CC(C(=O)NCCCN2CCN(c3cccc(Cl)c3Cl)CC2)C1C. The Morgan fingerprint density at radius 1 is 0.921 bits per heavy atom. The fourth-order valence-corrected chi connectivity index (χ4v) is 6.01. The van der Waals surface area contributed by atoms with E-state index in [0.717, 1.165) is 57.8 Å². The third kappa shape index (κ3) is 7.25. The van der Waals surface area contributed by atoms with Gasteiger partial charge in [0, 0.05) is 51.0 Å². The number of nitrogens with zero attached hydrogens (tertiary/aromatic N) is 3. The third-order valence-corrected chi connectivity index (χ3v) is 8.69. The van der Waals surface area contributed by atoms with Crippen molar-refractivity contribution in [3.63, 3.8) is 0 Å². The average molecular weight is 558 g/mol. The van der Waals surface area contributed by atoms with Crippen molar-refractivity contribution in [2.24, 2.45) is 5.92 Å². The van der Waals surface area contributed by atoms with Crippen molar-refractivity contribution in [2.45, 2.75) is 52.0 Å². The summed E-state index contributed by atoms with van der Waals surface area (Å²) in [6.07, 6.45) is 8.02. The number of carbonyl (C=O) groups excluding carboxylic acids is 1. The van der Waals surface area contributed by atoms with Crippen LogP contribution in [0.3, 0.4) is 0 Å². The van der Waals surface area contributed by atoms with Crippen LogP contribution >= 0.6 is 23.2 Å². The lowest BCUT2D eigenvalue weighted by Gasteiger charge is -2.36. The van der Waals surface area contributed by atoms with Gasteiger partial charge < -0.3 is 15.1 Å². The summed E-state index contributed by atoms with van der Waals surface area (Å²) >= 11 is 12.6. The summed E-state index contributed by atoms with van der Waals surface area (Å²) in [6, 6.07) is 16.5. The topological polar surface area (TPSA) is 38.8 Å². The van der Waals surface area contributed by atoms with Gasteiger partial charge in [-0.3, -0.25) is 9.69 Å². The summed E-state index contributed by atoms with van der Waals surface area (Å²) in [5, 5.41) is 4.47. The predicted molar refractivity (Wildman–Crippen MR) is 161 cm³/mol. The zero-order valence-corrected chi connectivity index (χ0v) is 24.4. The van der Waals surface area contributed by atoms with Gasteiger partial charge >= 0.3 is 0 Å². The molecule has 38 heavy (non-hydrogen) atoms. The second-order valence-electron chi connectivity index (χ2n) is 10.5. The molecule has 1 N–H and O–H groups in total. The van der Waals surface area contributed by atoms with E-state index in [0.29, 0.717) is 16.6 Å². The maximum absolute atomic E-state index is 13.2. The Morgan fingerprint density at radius 2 is 1.68 bits per heavy atom. The maximum atomic E-state index is 13.2. The minimum Gasteiger partial charge on any atom is -0.368 e. The third-order valence-electron chi connectivity index (χ3n) is 7.88. The fourth-order valence-electron chi connectivity index (χ4n) is 5.60. The number of anilines is 1. The normalized spacial score (nSPS) is 20.1. The van der Waals surface area contributed by atoms with E-state index in [9.17, 15) is 4.79 Å². The van der Waals surface area contributed by atoms with Gasteiger partial charge in [-0.05, 0) is 50.1 Å². The molecule has 0 aromatic heterocycles. The standard InChI is InChI=1S/C31H42Cl2N4O/c1-3-4-5-9-18-37-24(2)26(23-29(37)25-12-7-6-8-13-25)31(38)34-16-11-17-35-19-21-36(22-20-35)28-15-10-14-27(32)30(28)33/h6-8,10,12-15,23-24,26H,3-5,9,11,16-22H2,1-2H3,(H,34,38). The van der Waals surface area contributed by atoms with E-state index in [-0.39, 0.29) is 17.9 Å². The monoisotopic (exact) mass is 556 g/mol. The summed E-state index contributed by atoms with van der Waals surface area (Å²) in [7, 11) is 0. The Balaban J connectivity index is 1.24. The molecule has 2 aliphatic heterocycles. The van der Waals surface area contributed by atoms with Crippen LogP contribution in [0.25, 0.3) is 5.70 Å². The second kappa shape index (κ2) is 14.3. The number of benzene rings is 2. The highest BCUT2D eigenvalue weighted by molar-refractivity contribution is 6.43. The number of rotatable bonds is 12. The lowest BCUT2D eigenvalue weighted by molar-refractivity contribution is -0.124. The molecule has 2 aliphatic rings. The molecule has 0 aliphatic carbocycles. The van der Waals surface area contributed by atoms with Crippen LogP contribution in [0.1, 0.15) is 51.5 Å². The van der Waals surface area contributed by atoms with Gasteiger partial charge in [0.05, 0.1) is 21.7 Å². The second-order valence-corrected chi connectivity index (χ2v) is 11.3. The molecule has 0 saturated carbocycles. The van der Waals surface area contributed by atoms with Gasteiger partial charge in [0.2, 0.25) is 5.91 Å². The van der Waals surface area contributed by atoms with Crippen molar-refractivity contribution in [3.05, 3.63) is 70.2 Å². The molecule has 2 unspecified atom stereocenters. The van der Waals surface area contributed by atoms with Crippen molar-refractivity contribution in [2.75, 3.05) is 50.7 Å². The van der Waals surface area contributed by atoms with E-state index in [4.69, 9.17) is 23.2 Å². The largest absolute Gasteiger partial charge is 0.368 e. The van der Waals surface area contributed by atoms with Crippen molar-refractivity contribution in [1.29, 1.82) is 0 Å². The van der Waals surface area contributed by atoms with Crippen LogP contribution < -0.4 is 10.2 Å². The highest BCUT2D eigenvalue weighted by atomic mass is 35.5. The Morgan fingerprint density at radius 3 is 2.42 bits per heavy atom. The van der Waals surface area contributed by atoms with Gasteiger partial charge in [0.25, 0.3) is 0 Å². The van der Waals surface area contributed by atoms with Crippen LogP contribution in [0.4, 0.5) is 5.69 Å². The lowest BCUT2D eigenvalue weighted by Crippen LogP contribution is -2.47. The number of unbranched alkanes of at least 4 members (excludes halogenated alkanes) is 3. The summed E-state index contributed by atoms with van der Waals surface area (Å²) in [6.45, 7) is 10.9. The summed E-state index contributed by atoms with van der Waals surface area (Å²) in [5.41, 5.74) is 3.41. The number of hydrogen-bond donors (Lipinski definition) is 1. The number of piperazine rings is 1. The first-order chi connectivity index (χ1) is 18.5. The van der Waals surface area contributed by atoms with Gasteiger partial charge in [-0.1, -0.05) is 85.8 Å². The van der Waals surface area contributed by atoms with Crippen LogP contribution in [0.15, 0.2) is 54.6 Å². The first-order valence-electron chi connectivity index (χ1n) is 14.2. The van der Waals surface area contributed by atoms with E-state index in [1.54, 1.807) is 0 Å². The number of halogens is 2. The molecule has 206 valence electrons. The van der Waals surface area contributed by atoms with Crippen LogP contribution in [0.2, 0.25) is 10.0 Å². The number of amides is 1. The molecule has 2 atom stereocenters. The van der Waals surface area contributed by atoms with E-state index >= 15 is 0 Å². The van der Waals surface area contributed by atoms with Crippen molar-refractivity contribution in [1.82, 2.24) is 15.1 Å². The zero-order chi connectivity index (χ0) is 26.9. The van der Waals surface area contributed by atoms with Crippen molar-refractivity contribution >= 4 is 40.5 Å². The Hall–Kier alpha value is -2.21. The molecular weight excluding hydrogens is 515 g/mol. The van der Waals surface area contributed by atoms with Gasteiger partial charge in [-0.15, -0.1) is 0 Å². The average Bonchev–Trinajstić information content (AvgIpc) is 3.27. The van der Waals surface area contributed by atoms with Gasteiger partial charge in [-0.25, -0.2) is 0 Å². The first kappa shape index (κ1) is 28.8. The van der Waals surface area contributed by atoms with Gasteiger partial charge in [0.1, 0.15) is 0 Å². The van der Waals surface area contributed by atoms with E-state index < -0.39 is 0 Å². The Labute approximate surface area is 238 Å². The van der Waals surface area contributed by atoms with E-state index in [1.807, 2.05) is 24.3 Å². The Kier molecular flexibility index (Phi) is 10.8. The molecule has 1 fully saturated rings. The molecule has 2 aromatic rings. The highest BCUT2D eigenvalue weighted by Crippen LogP contribution is 2.35. The van der Waals surface area contributed by atoms with Crippen LogP contribution in [0.5, 0.6) is 0 Å². The molecule has 0 spiro atoms. The number of carbonyl (C=O) groups is 1. The molecule has 7 heteroatoms. The van der Waals surface area contributed by atoms with Crippen molar-refractivity contribution in [3.8, 4) is 0 Å². The Bertz CT molecular complexity index is 1070. The van der Waals surface area contributed by atoms with E-state index in [2.05, 4.69) is 64.2 Å². The highest BCUT2D eigenvalue weighted by Gasteiger charge is 2.35. The lowest BCUT2D eigenvalue weighted by atomic mass is 10.0. The molecule has 4 rings (SSSR count). The fraction of sp³-hybridized carbons (Fsp3) is 0.516. The van der Waals surface area contributed by atoms with Gasteiger partial charge in [-0.2, -0.15) is 0 Å². The van der Waals surface area contributed by atoms with Gasteiger partial charge in [0.15, 0.2) is 0 Å². The number of nitrogens with one attached hydrogen (secondary N) is 1. The van der Waals surface area contributed by atoms with Crippen LogP contribution in [0, 0.1) is 5.92 Å². The number of hydrogen-bond acceptors (Lipinski definition) is 4.